The number of nitrogens with one attached hydrogen (secondary N) is 1. The topological polar surface area (TPSA) is 66.0 Å². The van der Waals surface area contributed by atoms with Gasteiger partial charge >= 0.3 is 0 Å². The summed E-state index contributed by atoms with van der Waals surface area (Å²) >= 11 is 0. The van der Waals surface area contributed by atoms with E-state index in [0.29, 0.717) is 17.3 Å². The van der Waals surface area contributed by atoms with Crippen molar-refractivity contribution in [3.05, 3.63) is 46.3 Å². The van der Waals surface area contributed by atoms with E-state index in [2.05, 4.69) is 16.9 Å². The molecule has 21 heavy (non-hydrogen) atoms. The van der Waals surface area contributed by atoms with Crippen molar-refractivity contribution in [2.75, 3.05) is 0 Å². The fraction of sp³-hybridized carbons (Fsp3) is 0.375. The Hall–Kier alpha value is -2.17. The van der Waals surface area contributed by atoms with Crippen LogP contribution in [0.25, 0.3) is 11.1 Å². The molecule has 1 saturated carbocycles. The van der Waals surface area contributed by atoms with E-state index in [-0.39, 0.29) is 28.7 Å². The number of aromatic hydroxyl groups is 1. The molecule has 0 spiro atoms. The maximum atomic E-state index is 12.9. The zero-order valence-corrected chi connectivity index (χ0v) is 11.8. The van der Waals surface area contributed by atoms with Gasteiger partial charge in [-0.25, -0.2) is 4.39 Å². The molecule has 0 radical (unpaired) electrons. The van der Waals surface area contributed by atoms with Gasteiger partial charge in [-0.15, -0.1) is 0 Å². The molecule has 2 aromatic rings. The highest BCUT2D eigenvalue weighted by Crippen LogP contribution is 2.37. The number of hydrogen-bond acceptors (Lipinski definition) is 3. The monoisotopic (exact) mass is 288 g/mol. The summed E-state index contributed by atoms with van der Waals surface area (Å²) in [4.78, 5) is 19.2. The fourth-order valence-electron chi connectivity index (χ4n) is 3.00. The van der Waals surface area contributed by atoms with Crippen molar-refractivity contribution >= 4 is 0 Å². The molecule has 1 aromatic heterocycles. The minimum Gasteiger partial charge on any atom is -0.493 e. The SMILES string of the molecule is CC1CCC(c2nc(O)c(-c3ccc(F)cc3)c(=O)[nH]2)C1. The Morgan fingerprint density at radius 2 is 2.00 bits per heavy atom. The molecular weight excluding hydrogens is 271 g/mol. The largest absolute Gasteiger partial charge is 0.493 e. The van der Waals surface area contributed by atoms with Gasteiger partial charge in [0.2, 0.25) is 5.88 Å². The summed E-state index contributed by atoms with van der Waals surface area (Å²) < 4.78 is 12.9. The molecule has 2 N–H and O–H groups in total. The van der Waals surface area contributed by atoms with E-state index in [4.69, 9.17) is 0 Å². The Kier molecular flexibility index (Phi) is 3.49. The second-order valence-electron chi connectivity index (χ2n) is 5.77. The number of halogens is 1. The average molecular weight is 288 g/mol. The first-order valence-electron chi connectivity index (χ1n) is 7.13. The second-order valence-corrected chi connectivity index (χ2v) is 5.77. The van der Waals surface area contributed by atoms with Gasteiger partial charge in [0.05, 0.1) is 0 Å². The van der Waals surface area contributed by atoms with Crippen LogP contribution in [0, 0.1) is 11.7 Å². The van der Waals surface area contributed by atoms with Crippen LogP contribution in [-0.4, -0.2) is 15.1 Å². The van der Waals surface area contributed by atoms with Gasteiger partial charge in [0.25, 0.3) is 5.56 Å². The highest BCUT2D eigenvalue weighted by atomic mass is 19.1. The molecule has 110 valence electrons. The lowest BCUT2D eigenvalue weighted by atomic mass is 10.0. The lowest BCUT2D eigenvalue weighted by Gasteiger charge is -2.11. The second kappa shape index (κ2) is 5.31. The number of aromatic nitrogens is 2. The first-order chi connectivity index (χ1) is 10.0. The summed E-state index contributed by atoms with van der Waals surface area (Å²) in [5.41, 5.74) is 0.155. The number of benzene rings is 1. The normalized spacial score (nSPS) is 21.6. The van der Waals surface area contributed by atoms with E-state index in [1.54, 1.807) is 0 Å². The lowest BCUT2D eigenvalue weighted by molar-refractivity contribution is 0.445. The van der Waals surface area contributed by atoms with Crippen molar-refractivity contribution in [3.63, 3.8) is 0 Å². The average Bonchev–Trinajstić information content (AvgIpc) is 2.87. The third kappa shape index (κ3) is 2.68. The van der Waals surface area contributed by atoms with Crippen LogP contribution in [0.2, 0.25) is 0 Å². The maximum Gasteiger partial charge on any atom is 0.262 e. The first-order valence-corrected chi connectivity index (χ1v) is 7.13. The number of rotatable bonds is 2. The highest BCUT2D eigenvalue weighted by molar-refractivity contribution is 5.67. The van der Waals surface area contributed by atoms with Gasteiger partial charge in [-0.1, -0.05) is 19.1 Å². The van der Waals surface area contributed by atoms with Crippen LogP contribution in [-0.2, 0) is 0 Å². The summed E-state index contributed by atoms with van der Waals surface area (Å²) in [6, 6.07) is 5.42. The highest BCUT2D eigenvalue weighted by Gasteiger charge is 2.26. The Morgan fingerprint density at radius 3 is 2.57 bits per heavy atom. The van der Waals surface area contributed by atoms with Crippen LogP contribution in [0.3, 0.4) is 0 Å². The third-order valence-corrected chi connectivity index (χ3v) is 4.13. The summed E-state index contributed by atoms with van der Waals surface area (Å²) in [5, 5.41) is 10.1. The van der Waals surface area contributed by atoms with E-state index in [0.717, 1.165) is 19.3 Å². The Morgan fingerprint density at radius 1 is 1.29 bits per heavy atom. The molecular formula is C16H17FN2O2. The van der Waals surface area contributed by atoms with Crippen molar-refractivity contribution in [1.29, 1.82) is 0 Å². The van der Waals surface area contributed by atoms with Crippen LogP contribution >= 0.6 is 0 Å². The van der Waals surface area contributed by atoms with E-state index in [1.165, 1.54) is 24.3 Å². The van der Waals surface area contributed by atoms with Crippen LogP contribution in [0.4, 0.5) is 4.39 Å². The molecule has 1 aliphatic rings. The maximum absolute atomic E-state index is 12.9. The van der Waals surface area contributed by atoms with E-state index < -0.39 is 0 Å². The Balaban J connectivity index is 2.00. The van der Waals surface area contributed by atoms with Gasteiger partial charge in [0.1, 0.15) is 17.2 Å². The molecule has 5 heteroatoms. The molecule has 0 saturated heterocycles. The molecule has 1 aromatic carbocycles. The molecule has 0 bridgehead atoms. The van der Waals surface area contributed by atoms with E-state index in [1.807, 2.05) is 0 Å². The lowest BCUT2D eigenvalue weighted by Crippen LogP contribution is -2.15. The molecule has 2 atom stereocenters. The standard InChI is InChI=1S/C16H17FN2O2/c1-9-2-3-11(8-9)14-18-15(20)13(16(21)19-14)10-4-6-12(17)7-5-10/h4-7,9,11H,2-3,8H2,1H3,(H2,18,19,20,21). The predicted molar refractivity (Wildman–Crippen MR) is 77.7 cm³/mol. The van der Waals surface area contributed by atoms with Crippen LogP contribution in [0.1, 0.15) is 37.9 Å². The summed E-state index contributed by atoms with van der Waals surface area (Å²) in [6.45, 7) is 2.17. The molecule has 0 amide bonds. The van der Waals surface area contributed by atoms with Gasteiger partial charge in [-0.2, -0.15) is 4.98 Å². The van der Waals surface area contributed by atoms with Gasteiger partial charge in [-0.3, -0.25) is 4.79 Å². The van der Waals surface area contributed by atoms with Crippen molar-refractivity contribution in [3.8, 4) is 17.0 Å². The van der Waals surface area contributed by atoms with Crippen molar-refractivity contribution < 1.29 is 9.50 Å². The van der Waals surface area contributed by atoms with Crippen molar-refractivity contribution in [1.82, 2.24) is 9.97 Å². The predicted octanol–water partition coefficient (Wildman–Crippen LogP) is 3.19. The van der Waals surface area contributed by atoms with Gasteiger partial charge < -0.3 is 10.1 Å². The molecule has 0 aliphatic heterocycles. The number of hydrogen-bond donors (Lipinski definition) is 2. The molecule has 3 rings (SSSR count). The quantitative estimate of drug-likeness (QED) is 0.892. The van der Waals surface area contributed by atoms with Crippen LogP contribution < -0.4 is 5.56 Å². The zero-order chi connectivity index (χ0) is 15.0. The number of aromatic amines is 1. The smallest absolute Gasteiger partial charge is 0.262 e. The Labute approximate surface area is 121 Å². The van der Waals surface area contributed by atoms with E-state index >= 15 is 0 Å². The molecule has 1 heterocycles. The van der Waals surface area contributed by atoms with Crippen LogP contribution in [0.15, 0.2) is 29.1 Å². The zero-order valence-electron chi connectivity index (χ0n) is 11.8. The van der Waals surface area contributed by atoms with E-state index in [9.17, 15) is 14.3 Å². The first kappa shape index (κ1) is 13.8. The molecule has 2 unspecified atom stereocenters. The molecule has 1 aliphatic carbocycles. The summed E-state index contributed by atoms with van der Waals surface area (Å²) in [6.07, 6.45) is 3.05. The summed E-state index contributed by atoms with van der Waals surface area (Å²) in [5.74, 6) is 0.673. The van der Waals surface area contributed by atoms with Gasteiger partial charge in [0, 0.05) is 5.92 Å². The Bertz CT molecular complexity index is 709. The number of H-pyrrole nitrogens is 1. The molecule has 1 fully saturated rings. The minimum absolute atomic E-state index is 0.0878. The number of nitrogens with zero attached hydrogens (tertiary/aromatic N) is 1. The third-order valence-electron chi connectivity index (χ3n) is 4.13. The molecule has 4 nitrogen and oxygen atoms in total. The van der Waals surface area contributed by atoms with Crippen molar-refractivity contribution in [2.24, 2.45) is 5.92 Å². The van der Waals surface area contributed by atoms with Gasteiger partial charge in [-0.05, 0) is 42.9 Å². The van der Waals surface area contributed by atoms with Crippen molar-refractivity contribution in [2.45, 2.75) is 32.1 Å². The summed E-state index contributed by atoms with van der Waals surface area (Å²) in [7, 11) is 0. The fourth-order valence-corrected chi connectivity index (χ4v) is 3.00. The van der Waals surface area contributed by atoms with Crippen LogP contribution in [0.5, 0.6) is 5.88 Å². The van der Waals surface area contributed by atoms with Gasteiger partial charge in [0.15, 0.2) is 0 Å². The minimum atomic E-state index is -0.390.